The molecule has 2 aliphatic rings. The molecule has 9 nitrogen and oxygen atoms in total. The van der Waals surface area contributed by atoms with Crippen molar-refractivity contribution in [3.63, 3.8) is 0 Å². The Labute approximate surface area is 202 Å². The van der Waals surface area contributed by atoms with Gasteiger partial charge in [0.05, 0.1) is 11.6 Å². The molecule has 35 heavy (non-hydrogen) atoms. The number of aromatic nitrogens is 2. The molecule has 180 valence electrons. The Kier molecular flexibility index (Phi) is 5.98. The monoisotopic (exact) mass is 474 g/mol. The summed E-state index contributed by atoms with van der Waals surface area (Å²) in [6.45, 7) is 0.717. The standard InChI is InChI=1S/C26H26N4O5/c1-29-14-22(23(28-29)24(31)30-12-6-7-16(13-30)25(32)33)27-26(34)35-15-21-19-10-4-2-8-17(19)18-9-3-5-11-20(18)21/h2-5,8-11,14,16,21H,6-7,12-13,15H2,1H3,(H,27,34)(H,32,33)/t16-/m1/s1. The highest BCUT2D eigenvalue weighted by molar-refractivity contribution is 6.01. The van der Waals surface area contributed by atoms with Crippen molar-refractivity contribution >= 4 is 23.7 Å². The lowest BCUT2D eigenvalue weighted by Gasteiger charge is -2.30. The van der Waals surface area contributed by atoms with Crippen molar-refractivity contribution in [3.8, 4) is 11.1 Å². The topological polar surface area (TPSA) is 114 Å². The maximum absolute atomic E-state index is 13.1. The SMILES string of the molecule is Cn1cc(NC(=O)OCC2c3ccccc3-c3ccccc32)c(C(=O)N2CCC[C@@H](C(=O)O)C2)n1. The Balaban J connectivity index is 1.28. The van der Waals surface area contributed by atoms with Crippen LogP contribution in [0.2, 0.25) is 0 Å². The molecule has 1 aliphatic carbocycles. The highest BCUT2D eigenvalue weighted by atomic mass is 16.5. The van der Waals surface area contributed by atoms with Gasteiger partial charge in [-0.05, 0) is 35.1 Å². The van der Waals surface area contributed by atoms with Crippen LogP contribution in [0, 0.1) is 5.92 Å². The van der Waals surface area contributed by atoms with E-state index in [9.17, 15) is 19.5 Å². The molecule has 2 aromatic carbocycles. The third kappa shape index (κ3) is 4.37. The second kappa shape index (κ2) is 9.25. The van der Waals surface area contributed by atoms with Crippen molar-refractivity contribution in [1.29, 1.82) is 0 Å². The van der Waals surface area contributed by atoms with Crippen LogP contribution in [0.3, 0.4) is 0 Å². The van der Waals surface area contributed by atoms with Gasteiger partial charge in [-0.2, -0.15) is 5.10 Å². The van der Waals surface area contributed by atoms with E-state index in [0.717, 1.165) is 22.3 Å². The number of piperidine rings is 1. The number of fused-ring (bicyclic) bond motifs is 3. The Hall–Kier alpha value is -4.14. The third-order valence-corrected chi connectivity index (χ3v) is 6.67. The van der Waals surface area contributed by atoms with Crippen LogP contribution in [0.5, 0.6) is 0 Å². The Morgan fingerprint density at radius 2 is 1.74 bits per heavy atom. The van der Waals surface area contributed by atoms with Gasteiger partial charge in [-0.1, -0.05) is 48.5 Å². The van der Waals surface area contributed by atoms with Gasteiger partial charge in [0, 0.05) is 32.3 Å². The average molecular weight is 475 g/mol. The molecule has 0 radical (unpaired) electrons. The summed E-state index contributed by atoms with van der Waals surface area (Å²) in [6, 6.07) is 16.2. The van der Waals surface area contributed by atoms with Crippen molar-refractivity contribution < 1.29 is 24.2 Å². The highest BCUT2D eigenvalue weighted by Gasteiger charge is 2.32. The number of hydrogen-bond donors (Lipinski definition) is 2. The van der Waals surface area contributed by atoms with Crippen molar-refractivity contribution in [1.82, 2.24) is 14.7 Å². The average Bonchev–Trinajstić information content (AvgIpc) is 3.39. The molecule has 1 atom stereocenters. The summed E-state index contributed by atoms with van der Waals surface area (Å²) in [5.74, 6) is -2.01. The molecule has 2 heterocycles. The molecule has 3 aromatic rings. The van der Waals surface area contributed by atoms with E-state index in [1.807, 2.05) is 36.4 Å². The van der Waals surface area contributed by atoms with Crippen LogP contribution in [0.25, 0.3) is 11.1 Å². The van der Waals surface area contributed by atoms with E-state index in [0.29, 0.717) is 19.4 Å². The molecule has 2 amide bonds. The van der Waals surface area contributed by atoms with E-state index in [1.54, 1.807) is 7.05 Å². The first-order valence-electron chi connectivity index (χ1n) is 11.6. The number of carbonyl (C=O) groups excluding carboxylic acids is 2. The quantitative estimate of drug-likeness (QED) is 0.583. The Bertz CT molecular complexity index is 1250. The van der Waals surface area contributed by atoms with E-state index in [2.05, 4.69) is 22.5 Å². The van der Waals surface area contributed by atoms with Crippen LogP contribution in [0.4, 0.5) is 10.5 Å². The fourth-order valence-electron chi connectivity index (χ4n) is 5.00. The third-order valence-electron chi connectivity index (χ3n) is 6.67. The summed E-state index contributed by atoms with van der Waals surface area (Å²) in [7, 11) is 1.65. The molecule has 1 aromatic heterocycles. The number of rotatable bonds is 5. The van der Waals surface area contributed by atoms with Gasteiger partial charge >= 0.3 is 12.1 Å². The number of carbonyl (C=O) groups is 3. The van der Waals surface area contributed by atoms with Crippen LogP contribution in [-0.2, 0) is 16.6 Å². The molecular formula is C26H26N4O5. The number of anilines is 1. The van der Waals surface area contributed by atoms with Gasteiger partial charge in [0.15, 0.2) is 5.69 Å². The Morgan fingerprint density at radius 3 is 2.40 bits per heavy atom. The maximum atomic E-state index is 13.1. The molecule has 2 N–H and O–H groups in total. The molecule has 0 unspecified atom stereocenters. The molecule has 1 aliphatic heterocycles. The summed E-state index contributed by atoms with van der Waals surface area (Å²) < 4.78 is 7.03. The number of carboxylic acids is 1. The van der Waals surface area contributed by atoms with E-state index in [1.165, 1.54) is 15.8 Å². The van der Waals surface area contributed by atoms with Crippen molar-refractivity contribution in [2.24, 2.45) is 13.0 Å². The van der Waals surface area contributed by atoms with Gasteiger partial charge in [0.1, 0.15) is 6.61 Å². The summed E-state index contributed by atoms with van der Waals surface area (Å²) in [4.78, 5) is 38.7. The zero-order valence-corrected chi connectivity index (χ0v) is 19.3. The molecule has 1 saturated heterocycles. The number of benzene rings is 2. The van der Waals surface area contributed by atoms with Gasteiger partial charge in [0.25, 0.3) is 5.91 Å². The number of nitrogens with one attached hydrogen (secondary N) is 1. The van der Waals surface area contributed by atoms with Crippen LogP contribution in [0.1, 0.15) is 40.4 Å². The van der Waals surface area contributed by atoms with Crippen LogP contribution in [0.15, 0.2) is 54.7 Å². The zero-order valence-electron chi connectivity index (χ0n) is 19.3. The van der Waals surface area contributed by atoms with Gasteiger partial charge in [-0.3, -0.25) is 19.6 Å². The fourth-order valence-corrected chi connectivity index (χ4v) is 5.00. The summed E-state index contributed by atoms with van der Waals surface area (Å²) >= 11 is 0. The van der Waals surface area contributed by atoms with Gasteiger partial charge in [0.2, 0.25) is 0 Å². The predicted octanol–water partition coefficient (Wildman–Crippen LogP) is 3.72. The lowest BCUT2D eigenvalue weighted by Crippen LogP contribution is -2.42. The van der Waals surface area contributed by atoms with Gasteiger partial charge in [-0.15, -0.1) is 0 Å². The first-order chi connectivity index (χ1) is 16.9. The van der Waals surface area contributed by atoms with Crippen molar-refractivity contribution in [2.45, 2.75) is 18.8 Å². The van der Waals surface area contributed by atoms with Gasteiger partial charge in [-0.25, -0.2) is 4.79 Å². The minimum absolute atomic E-state index is 0.0621. The summed E-state index contributed by atoms with van der Waals surface area (Å²) in [5.41, 5.74) is 4.78. The first kappa shape index (κ1) is 22.6. The lowest BCUT2D eigenvalue weighted by atomic mass is 9.98. The van der Waals surface area contributed by atoms with Crippen LogP contribution < -0.4 is 5.32 Å². The fraction of sp³-hybridized carbons (Fsp3) is 0.308. The number of nitrogens with zero attached hydrogens (tertiary/aromatic N) is 3. The predicted molar refractivity (Wildman–Crippen MR) is 128 cm³/mol. The number of aliphatic carboxylic acids is 1. The minimum atomic E-state index is -0.916. The maximum Gasteiger partial charge on any atom is 0.411 e. The van der Waals surface area contributed by atoms with E-state index in [4.69, 9.17) is 4.74 Å². The first-order valence-corrected chi connectivity index (χ1v) is 11.6. The molecular weight excluding hydrogens is 448 g/mol. The summed E-state index contributed by atoms with van der Waals surface area (Å²) in [5, 5.41) is 16.2. The number of ether oxygens (including phenoxy) is 1. The number of carboxylic acid groups (broad SMARTS) is 1. The van der Waals surface area contributed by atoms with E-state index in [-0.39, 0.29) is 30.5 Å². The van der Waals surface area contributed by atoms with Crippen LogP contribution >= 0.6 is 0 Å². The van der Waals surface area contributed by atoms with Crippen LogP contribution in [-0.4, -0.2) is 57.5 Å². The molecule has 1 fully saturated rings. The largest absolute Gasteiger partial charge is 0.481 e. The number of amides is 2. The van der Waals surface area contributed by atoms with Crippen molar-refractivity contribution in [3.05, 3.63) is 71.5 Å². The molecule has 9 heteroatoms. The second-order valence-corrected chi connectivity index (χ2v) is 8.94. The zero-order chi connectivity index (χ0) is 24.5. The molecule has 0 saturated carbocycles. The second-order valence-electron chi connectivity index (χ2n) is 8.94. The number of aryl methyl sites for hydroxylation is 1. The number of hydrogen-bond acceptors (Lipinski definition) is 5. The van der Waals surface area contributed by atoms with Gasteiger partial charge < -0.3 is 14.7 Å². The lowest BCUT2D eigenvalue weighted by molar-refractivity contribution is -0.143. The van der Waals surface area contributed by atoms with Crippen molar-refractivity contribution in [2.75, 3.05) is 25.0 Å². The summed E-state index contributed by atoms with van der Waals surface area (Å²) in [6.07, 6.45) is 1.99. The normalized spacial score (nSPS) is 16.9. The Morgan fingerprint density at radius 1 is 1.09 bits per heavy atom. The highest BCUT2D eigenvalue weighted by Crippen LogP contribution is 2.44. The molecule has 5 rings (SSSR count). The molecule has 0 spiro atoms. The minimum Gasteiger partial charge on any atom is -0.481 e. The molecule has 0 bridgehead atoms. The van der Waals surface area contributed by atoms with E-state index < -0.39 is 23.9 Å². The smallest absolute Gasteiger partial charge is 0.411 e. The number of likely N-dealkylation sites (tertiary alicyclic amines) is 1. The van der Waals surface area contributed by atoms with E-state index >= 15 is 0 Å².